The van der Waals surface area contributed by atoms with Crippen molar-refractivity contribution in [2.24, 2.45) is 0 Å². The van der Waals surface area contributed by atoms with Crippen molar-refractivity contribution in [3.05, 3.63) is 18.7 Å². The van der Waals surface area contributed by atoms with Gasteiger partial charge in [-0.3, -0.25) is 9.59 Å². The van der Waals surface area contributed by atoms with Gasteiger partial charge in [-0.05, 0) is 6.42 Å². The topological polar surface area (TPSA) is 76.0 Å². The van der Waals surface area contributed by atoms with Crippen molar-refractivity contribution in [1.82, 2.24) is 20.2 Å². The maximum Gasteiger partial charge on any atom is 0.471 e. The predicted octanol–water partition coefficient (Wildman–Crippen LogP) is 0.458. The summed E-state index contributed by atoms with van der Waals surface area (Å²) >= 11 is 0. The number of carbonyl (C=O) groups is 2. The van der Waals surface area contributed by atoms with Crippen molar-refractivity contribution in [2.75, 3.05) is 13.1 Å². The van der Waals surface area contributed by atoms with Gasteiger partial charge >= 0.3 is 12.1 Å². The molecule has 1 aromatic heterocycles. The summed E-state index contributed by atoms with van der Waals surface area (Å²) in [5.74, 6) is -2.44. The molecule has 0 saturated heterocycles. The Morgan fingerprint density at radius 3 is 2.55 bits per heavy atom. The van der Waals surface area contributed by atoms with Gasteiger partial charge in [-0.25, -0.2) is 4.98 Å². The second kappa shape index (κ2) is 7.51. The molecule has 0 aliphatic rings. The molecule has 9 heteroatoms. The zero-order valence-electron chi connectivity index (χ0n) is 10.6. The van der Waals surface area contributed by atoms with E-state index in [0.717, 1.165) is 0 Å². The molecule has 0 aliphatic heterocycles. The molecule has 2 N–H and O–H groups in total. The number of nitrogens with zero attached hydrogens (tertiary/aromatic N) is 2. The fourth-order valence-corrected chi connectivity index (χ4v) is 1.39. The van der Waals surface area contributed by atoms with Gasteiger partial charge in [-0.15, -0.1) is 0 Å². The van der Waals surface area contributed by atoms with Gasteiger partial charge in [0, 0.05) is 38.4 Å². The van der Waals surface area contributed by atoms with Crippen LogP contribution in [0.2, 0.25) is 0 Å². The molecule has 0 saturated carbocycles. The van der Waals surface area contributed by atoms with Crippen molar-refractivity contribution in [2.45, 2.75) is 25.6 Å². The summed E-state index contributed by atoms with van der Waals surface area (Å²) in [6.07, 6.45) is 0.649. The van der Waals surface area contributed by atoms with Gasteiger partial charge in [0.05, 0.1) is 6.33 Å². The summed E-state index contributed by atoms with van der Waals surface area (Å²) in [4.78, 5) is 25.6. The second-order valence-corrected chi connectivity index (χ2v) is 4.01. The third-order valence-electron chi connectivity index (χ3n) is 2.37. The van der Waals surface area contributed by atoms with E-state index in [2.05, 4.69) is 10.3 Å². The number of halogens is 3. The Kier molecular flexibility index (Phi) is 6.01. The zero-order valence-corrected chi connectivity index (χ0v) is 10.6. The predicted molar refractivity (Wildman–Crippen MR) is 63.5 cm³/mol. The molecule has 6 nitrogen and oxygen atoms in total. The van der Waals surface area contributed by atoms with Crippen molar-refractivity contribution in [3.63, 3.8) is 0 Å². The van der Waals surface area contributed by atoms with E-state index in [1.54, 1.807) is 24.0 Å². The van der Waals surface area contributed by atoms with Crippen LogP contribution in [0.5, 0.6) is 0 Å². The van der Waals surface area contributed by atoms with Crippen LogP contribution < -0.4 is 10.6 Å². The molecular weight excluding hydrogens is 277 g/mol. The van der Waals surface area contributed by atoms with Crippen LogP contribution in [-0.4, -0.2) is 40.6 Å². The van der Waals surface area contributed by atoms with E-state index in [9.17, 15) is 22.8 Å². The van der Waals surface area contributed by atoms with Crippen molar-refractivity contribution < 1.29 is 22.8 Å². The Bertz CT molecular complexity index is 431. The largest absolute Gasteiger partial charge is 0.471 e. The average Bonchev–Trinajstić information content (AvgIpc) is 2.86. The van der Waals surface area contributed by atoms with Crippen LogP contribution in [0.3, 0.4) is 0 Å². The van der Waals surface area contributed by atoms with Crippen LogP contribution in [0, 0.1) is 0 Å². The molecule has 0 radical (unpaired) electrons. The Morgan fingerprint density at radius 2 is 1.95 bits per heavy atom. The highest BCUT2D eigenvalue weighted by atomic mass is 19.4. The first-order chi connectivity index (χ1) is 9.39. The van der Waals surface area contributed by atoms with Crippen LogP contribution in [0.15, 0.2) is 18.7 Å². The standard InChI is InChI=1S/C11H15F3N4O2/c12-11(13,14)10(20)17-4-2-9(19)16-3-1-6-18-7-5-15-8-18/h5,7-8H,1-4,6H2,(H,16,19)(H,17,20). The van der Waals surface area contributed by atoms with E-state index in [4.69, 9.17) is 0 Å². The third kappa shape index (κ3) is 6.21. The minimum Gasteiger partial charge on any atom is -0.356 e. The lowest BCUT2D eigenvalue weighted by atomic mass is 10.3. The number of carbonyl (C=O) groups excluding carboxylic acids is 2. The van der Waals surface area contributed by atoms with E-state index in [-0.39, 0.29) is 13.0 Å². The molecule has 0 fully saturated rings. The number of rotatable bonds is 7. The summed E-state index contributed by atoms with van der Waals surface area (Å²) in [7, 11) is 0. The van der Waals surface area contributed by atoms with Crippen molar-refractivity contribution in [3.8, 4) is 0 Å². The molecule has 0 unspecified atom stereocenters. The maximum atomic E-state index is 11.8. The molecule has 1 heterocycles. The Hall–Kier alpha value is -2.06. The Labute approximate surface area is 113 Å². The van der Waals surface area contributed by atoms with E-state index >= 15 is 0 Å². The maximum absolute atomic E-state index is 11.8. The molecule has 0 aliphatic carbocycles. The van der Waals surface area contributed by atoms with Crippen LogP contribution in [0.1, 0.15) is 12.8 Å². The van der Waals surface area contributed by atoms with Crippen LogP contribution in [0.4, 0.5) is 13.2 Å². The van der Waals surface area contributed by atoms with Crippen molar-refractivity contribution >= 4 is 11.8 Å². The highest BCUT2D eigenvalue weighted by Gasteiger charge is 2.38. The Balaban J connectivity index is 2.04. The first-order valence-electron chi connectivity index (χ1n) is 5.97. The molecule has 0 spiro atoms. The number of aryl methyl sites for hydroxylation is 1. The minimum absolute atomic E-state index is 0.188. The number of nitrogens with one attached hydrogen (secondary N) is 2. The monoisotopic (exact) mass is 292 g/mol. The van der Waals surface area contributed by atoms with Crippen LogP contribution in [-0.2, 0) is 16.1 Å². The van der Waals surface area contributed by atoms with Gasteiger partial charge in [0.25, 0.3) is 0 Å². The van der Waals surface area contributed by atoms with Gasteiger partial charge in [0.15, 0.2) is 0 Å². The van der Waals surface area contributed by atoms with Gasteiger partial charge in [-0.1, -0.05) is 0 Å². The molecule has 1 rings (SSSR count). The lowest BCUT2D eigenvalue weighted by Gasteiger charge is -2.08. The van der Waals surface area contributed by atoms with E-state index in [1.165, 1.54) is 0 Å². The normalized spacial score (nSPS) is 11.2. The van der Waals surface area contributed by atoms with Gasteiger partial charge in [0.1, 0.15) is 0 Å². The number of hydrogen-bond donors (Lipinski definition) is 2. The summed E-state index contributed by atoms with van der Waals surface area (Å²) in [5.41, 5.74) is 0. The first-order valence-corrected chi connectivity index (χ1v) is 5.97. The van der Waals surface area contributed by atoms with Gasteiger partial charge in [-0.2, -0.15) is 13.2 Å². The average molecular weight is 292 g/mol. The number of hydrogen-bond acceptors (Lipinski definition) is 3. The van der Waals surface area contributed by atoms with E-state index < -0.39 is 18.0 Å². The van der Waals surface area contributed by atoms with Gasteiger partial charge < -0.3 is 15.2 Å². The molecule has 0 aromatic carbocycles. The number of aromatic nitrogens is 2. The summed E-state index contributed by atoms with van der Waals surface area (Å²) in [6.45, 7) is 0.751. The molecule has 112 valence electrons. The molecule has 2 amide bonds. The fourth-order valence-electron chi connectivity index (χ4n) is 1.39. The molecular formula is C11H15F3N4O2. The quantitative estimate of drug-likeness (QED) is 0.717. The number of imidazole rings is 1. The molecule has 0 atom stereocenters. The number of alkyl halides is 3. The number of amides is 2. The van der Waals surface area contributed by atoms with Gasteiger partial charge in [0.2, 0.25) is 5.91 Å². The summed E-state index contributed by atoms with van der Waals surface area (Å²) in [5, 5.41) is 4.18. The van der Waals surface area contributed by atoms with E-state index in [0.29, 0.717) is 19.5 Å². The fraction of sp³-hybridized carbons (Fsp3) is 0.545. The zero-order chi connectivity index (χ0) is 15.0. The Morgan fingerprint density at radius 1 is 1.20 bits per heavy atom. The molecule has 1 aromatic rings. The lowest BCUT2D eigenvalue weighted by Crippen LogP contribution is -2.39. The van der Waals surface area contributed by atoms with Crippen LogP contribution >= 0.6 is 0 Å². The first kappa shape index (κ1) is 16.0. The lowest BCUT2D eigenvalue weighted by molar-refractivity contribution is -0.173. The van der Waals surface area contributed by atoms with Crippen LogP contribution in [0.25, 0.3) is 0 Å². The highest BCUT2D eigenvalue weighted by Crippen LogP contribution is 2.13. The summed E-state index contributed by atoms with van der Waals surface area (Å²) < 4.78 is 37.4. The third-order valence-corrected chi connectivity index (χ3v) is 2.37. The minimum atomic E-state index is -4.92. The molecule has 20 heavy (non-hydrogen) atoms. The van der Waals surface area contributed by atoms with Crippen molar-refractivity contribution in [1.29, 1.82) is 0 Å². The highest BCUT2D eigenvalue weighted by molar-refractivity contribution is 5.82. The summed E-state index contributed by atoms with van der Waals surface area (Å²) in [6, 6.07) is 0. The SMILES string of the molecule is O=C(CCNC(=O)C(F)(F)F)NCCCn1ccnc1. The molecule has 0 bridgehead atoms. The smallest absolute Gasteiger partial charge is 0.356 e. The van der Waals surface area contributed by atoms with E-state index in [1.807, 2.05) is 4.57 Å². The second-order valence-electron chi connectivity index (χ2n) is 4.01.